The lowest BCUT2D eigenvalue weighted by atomic mass is 10.5. The van der Waals surface area contributed by atoms with Crippen LogP contribution >= 0.6 is 21.6 Å². The maximum absolute atomic E-state index is 10.7. The third kappa shape index (κ3) is 5.49. The van der Waals surface area contributed by atoms with Crippen LogP contribution in [-0.4, -0.2) is 23.3 Å². The Morgan fingerprint density at radius 1 is 1.60 bits per heavy atom. The van der Waals surface area contributed by atoms with E-state index in [1.807, 2.05) is 18.2 Å². The first-order valence-electron chi connectivity index (χ1n) is 4.32. The first kappa shape index (κ1) is 12.1. The molecule has 0 saturated heterocycles. The van der Waals surface area contributed by atoms with Crippen LogP contribution in [0.5, 0.6) is 0 Å². The largest absolute Gasteiger partial charge is 0.462 e. The summed E-state index contributed by atoms with van der Waals surface area (Å²) >= 11 is 0. The Hall–Kier alpha value is -0.940. The van der Waals surface area contributed by atoms with Gasteiger partial charge in [-0.2, -0.15) is 0 Å². The van der Waals surface area contributed by atoms with Crippen LogP contribution in [-0.2, 0) is 9.53 Å². The van der Waals surface area contributed by atoms with Gasteiger partial charge in [-0.25, -0.2) is 9.78 Å². The number of nitrogens with zero attached hydrogens (tertiary/aromatic N) is 1. The number of aromatic nitrogens is 1. The number of carbonyl (C=O) groups is 1. The second-order valence-corrected chi connectivity index (χ2v) is 4.88. The number of ether oxygens (including phenoxy) is 1. The SMILES string of the molecule is C=CC(=O)OCCSSc1ccccn1. The number of rotatable bonds is 6. The Labute approximate surface area is 96.7 Å². The van der Waals surface area contributed by atoms with Gasteiger partial charge in [-0.05, 0) is 22.9 Å². The summed E-state index contributed by atoms with van der Waals surface area (Å²) in [5, 5.41) is 0.956. The van der Waals surface area contributed by atoms with E-state index < -0.39 is 0 Å². The molecule has 0 aromatic carbocycles. The van der Waals surface area contributed by atoms with E-state index in [0.29, 0.717) is 6.61 Å². The van der Waals surface area contributed by atoms with Gasteiger partial charge in [0.25, 0.3) is 0 Å². The van der Waals surface area contributed by atoms with Crippen molar-refractivity contribution in [3.05, 3.63) is 37.1 Å². The molecular weight excluding hydrogens is 230 g/mol. The Morgan fingerprint density at radius 2 is 2.47 bits per heavy atom. The summed E-state index contributed by atoms with van der Waals surface area (Å²) in [6.45, 7) is 3.71. The van der Waals surface area contributed by atoms with Gasteiger partial charge >= 0.3 is 5.97 Å². The number of hydrogen-bond donors (Lipinski definition) is 0. The van der Waals surface area contributed by atoms with Gasteiger partial charge in [0.2, 0.25) is 0 Å². The first-order chi connectivity index (χ1) is 7.33. The second kappa shape index (κ2) is 7.36. The van der Waals surface area contributed by atoms with Crippen molar-refractivity contribution in [1.82, 2.24) is 4.98 Å². The molecule has 1 aromatic heterocycles. The predicted octanol–water partition coefficient (Wildman–Crippen LogP) is 2.55. The minimum Gasteiger partial charge on any atom is -0.462 e. The summed E-state index contributed by atoms with van der Waals surface area (Å²) in [5.41, 5.74) is 0. The molecule has 1 aromatic rings. The van der Waals surface area contributed by atoms with Crippen LogP contribution in [0.3, 0.4) is 0 Å². The number of carbonyl (C=O) groups excluding carboxylic acids is 1. The highest BCUT2D eigenvalue weighted by Gasteiger charge is 1.97. The molecule has 3 nitrogen and oxygen atoms in total. The lowest BCUT2D eigenvalue weighted by Gasteiger charge is -2.01. The highest BCUT2D eigenvalue weighted by atomic mass is 33.1. The third-order valence-corrected chi connectivity index (χ3v) is 3.59. The van der Waals surface area contributed by atoms with Gasteiger partial charge in [0.1, 0.15) is 11.6 Å². The Bertz CT molecular complexity index is 316. The van der Waals surface area contributed by atoms with E-state index in [9.17, 15) is 4.79 Å². The van der Waals surface area contributed by atoms with E-state index >= 15 is 0 Å². The molecule has 15 heavy (non-hydrogen) atoms. The van der Waals surface area contributed by atoms with Crippen molar-refractivity contribution in [3.63, 3.8) is 0 Å². The normalized spacial score (nSPS) is 9.60. The smallest absolute Gasteiger partial charge is 0.330 e. The molecule has 0 fully saturated rings. The second-order valence-electron chi connectivity index (χ2n) is 2.44. The van der Waals surface area contributed by atoms with E-state index in [1.165, 1.54) is 0 Å². The van der Waals surface area contributed by atoms with Crippen LogP contribution < -0.4 is 0 Å². The molecule has 0 saturated carbocycles. The zero-order valence-corrected chi connectivity index (χ0v) is 9.72. The van der Waals surface area contributed by atoms with E-state index in [1.54, 1.807) is 27.8 Å². The van der Waals surface area contributed by atoms with Crippen LogP contribution in [0.4, 0.5) is 0 Å². The van der Waals surface area contributed by atoms with Crippen molar-refractivity contribution >= 4 is 27.6 Å². The maximum atomic E-state index is 10.7. The third-order valence-electron chi connectivity index (χ3n) is 1.36. The summed E-state index contributed by atoms with van der Waals surface area (Å²) in [5.74, 6) is 0.360. The van der Waals surface area contributed by atoms with Crippen molar-refractivity contribution in [2.45, 2.75) is 5.03 Å². The minimum atomic E-state index is -0.376. The highest BCUT2D eigenvalue weighted by molar-refractivity contribution is 8.76. The molecule has 0 atom stereocenters. The highest BCUT2D eigenvalue weighted by Crippen LogP contribution is 2.28. The molecule has 0 N–H and O–H groups in total. The molecule has 0 spiro atoms. The van der Waals surface area contributed by atoms with Gasteiger partial charge in [-0.15, -0.1) is 0 Å². The van der Waals surface area contributed by atoms with Gasteiger partial charge in [0.05, 0.1) is 0 Å². The zero-order valence-electron chi connectivity index (χ0n) is 8.09. The van der Waals surface area contributed by atoms with Crippen LogP contribution in [0, 0.1) is 0 Å². The summed E-state index contributed by atoms with van der Waals surface area (Å²) in [6.07, 6.45) is 2.91. The topological polar surface area (TPSA) is 39.2 Å². The molecule has 0 radical (unpaired) electrons. The fraction of sp³-hybridized carbons (Fsp3) is 0.200. The molecule has 0 bridgehead atoms. The fourth-order valence-electron chi connectivity index (χ4n) is 0.734. The van der Waals surface area contributed by atoms with Crippen LogP contribution in [0.1, 0.15) is 0 Å². The molecule has 0 amide bonds. The van der Waals surface area contributed by atoms with Crippen molar-refractivity contribution in [1.29, 1.82) is 0 Å². The lowest BCUT2D eigenvalue weighted by Crippen LogP contribution is -2.02. The number of esters is 1. The van der Waals surface area contributed by atoms with Crippen LogP contribution in [0.2, 0.25) is 0 Å². The van der Waals surface area contributed by atoms with Crippen molar-refractivity contribution < 1.29 is 9.53 Å². The number of pyridine rings is 1. The number of hydrogen-bond acceptors (Lipinski definition) is 5. The Balaban J connectivity index is 2.07. The molecular formula is C10H11NO2S2. The van der Waals surface area contributed by atoms with Gasteiger partial charge in [-0.1, -0.05) is 23.4 Å². The monoisotopic (exact) mass is 241 g/mol. The molecule has 5 heteroatoms. The van der Waals surface area contributed by atoms with E-state index in [2.05, 4.69) is 11.6 Å². The molecule has 0 aliphatic carbocycles. The van der Waals surface area contributed by atoms with E-state index in [-0.39, 0.29) is 5.97 Å². The molecule has 1 heterocycles. The van der Waals surface area contributed by atoms with E-state index in [4.69, 9.17) is 4.74 Å². The maximum Gasteiger partial charge on any atom is 0.330 e. The minimum absolute atomic E-state index is 0.376. The molecule has 0 aliphatic rings. The molecule has 80 valence electrons. The van der Waals surface area contributed by atoms with Gasteiger partial charge < -0.3 is 4.74 Å². The molecule has 0 aliphatic heterocycles. The standard InChI is InChI=1S/C10H11NO2S2/c1-2-10(12)13-7-8-14-15-9-5-3-4-6-11-9/h2-6H,1,7-8H2. The van der Waals surface area contributed by atoms with Crippen LogP contribution in [0.15, 0.2) is 42.1 Å². The summed E-state index contributed by atoms with van der Waals surface area (Å²) < 4.78 is 4.82. The average Bonchev–Trinajstić information content (AvgIpc) is 2.29. The fourth-order valence-corrected chi connectivity index (χ4v) is 2.44. The molecule has 0 unspecified atom stereocenters. The lowest BCUT2D eigenvalue weighted by molar-refractivity contribution is -0.137. The predicted molar refractivity (Wildman–Crippen MR) is 63.7 cm³/mol. The van der Waals surface area contributed by atoms with Crippen molar-refractivity contribution in [3.8, 4) is 0 Å². The van der Waals surface area contributed by atoms with E-state index in [0.717, 1.165) is 16.9 Å². The first-order valence-corrected chi connectivity index (χ1v) is 6.64. The van der Waals surface area contributed by atoms with Gasteiger partial charge in [0.15, 0.2) is 0 Å². The summed E-state index contributed by atoms with van der Waals surface area (Å²) in [7, 11) is 3.17. The Kier molecular flexibility index (Phi) is 5.96. The summed E-state index contributed by atoms with van der Waals surface area (Å²) in [4.78, 5) is 14.8. The van der Waals surface area contributed by atoms with Crippen molar-refractivity contribution in [2.24, 2.45) is 0 Å². The van der Waals surface area contributed by atoms with Crippen LogP contribution in [0.25, 0.3) is 0 Å². The average molecular weight is 241 g/mol. The quantitative estimate of drug-likeness (QED) is 0.331. The van der Waals surface area contributed by atoms with Gasteiger partial charge in [0, 0.05) is 18.0 Å². The zero-order chi connectivity index (χ0) is 10.9. The molecule has 1 rings (SSSR count). The van der Waals surface area contributed by atoms with Crippen molar-refractivity contribution in [2.75, 3.05) is 12.4 Å². The van der Waals surface area contributed by atoms with Gasteiger partial charge in [-0.3, -0.25) is 0 Å². The Morgan fingerprint density at radius 3 is 3.13 bits per heavy atom. The summed E-state index contributed by atoms with van der Waals surface area (Å²) in [6, 6.07) is 5.75.